The lowest BCUT2D eigenvalue weighted by Gasteiger charge is -2.28. The third-order valence-corrected chi connectivity index (χ3v) is 5.10. The highest BCUT2D eigenvalue weighted by Crippen LogP contribution is 2.49. The molecule has 21 heavy (non-hydrogen) atoms. The Labute approximate surface area is 122 Å². The Morgan fingerprint density at radius 2 is 2.10 bits per heavy atom. The largest absolute Gasteiger partial charge is 0.396 e. The normalized spacial score (nSPS) is 28.6. The zero-order chi connectivity index (χ0) is 15.1. The number of halogens is 2. The summed E-state index contributed by atoms with van der Waals surface area (Å²) < 4.78 is 27.2. The molecule has 114 valence electrons. The van der Waals surface area contributed by atoms with E-state index in [1.54, 1.807) is 0 Å². The monoisotopic (exact) mass is 294 g/mol. The van der Waals surface area contributed by atoms with Crippen LogP contribution >= 0.6 is 0 Å². The van der Waals surface area contributed by atoms with Crippen LogP contribution in [0.1, 0.15) is 43.0 Å². The number of fused-ring (bicyclic) bond motifs is 2. The zero-order valence-corrected chi connectivity index (χ0v) is 12.0. The predicted octanol–water partition coefficient (Wildman–Crippen LogP) is 3.10. The van der Waals surface area contributed by atoms with Gasteiger partial charge in [-0.2, -0.15) is 0 Å². The van der Waals surface area contributed by atoms with E-state index in [9.17, 15) is 13.6 Å². The summed E-state index contributed by atoms with van der Waals surface area (Å²) in [6.07, 6.45) is 4.87. The minimum absolute atomic E-state index is 0.0308. The average Bonchev–Trinajstić information content (AvgIpc) is 3.05. The predicted molar refractivity (Wildman–Crippen MR) is 76.6 cm³/mol. The first kappa shape index (κ1) is 14.3. The maximum absolute atomic E-state index is 13.9. The van der Waals surface area contributed by atoms with Crippen LogP contribution in [-0.2, 0) is 0 Å². The smallest absolute Gasteiger partial charge is 0.254 e. The van der Waals surface area contributed by atoms with E-state index in [0.29, 0.717) is 11.8 Å². The van der Waals surface area contributed by atoms with Gasteiger partial charge in [0.2, 0.25) is 0 Å². The van der Waals surface area contributed by atoms with Crippen molar-refractivity contribution in [3.63, 3.8) is 0 Å². The molecule has 5 heteroatoms. The molecule has 2 bridgehead atoms. The van der Waals surface area contributed by atoms with Crippen LogP contribution in [0, 0.1) is 29.4 Å². The number of benzene rings is 1. The first-order chi connectivity index (χ1) is 9.95. The maximum atomic E-state index is 13.9. The summed E-state index contributed by atoms with van der Waals surface area (Å²) >= 11 is 0. The van der Waals surface area contributed by atoms with Gasteiger partial charge in [0.25, 0.3) is 5.91 Å². The molecule has 2 saturated carbocycles. The van der Waals surface area contributed by atoms with Gasteiger partial charge in [0.1, 0.15) is 5.82 Å². The van der Waals surface area contributed by atoms with E-state index in [1.165, 1.54) is 19.3 Å². The molecule has 4 unspecified atom stereocenters. The number of carbonyl (C=O) groups is 1. The molecule has 0 heterocycles. The Balaban J connectivity index is 1.72. The number of nitrogens with one attached hydrogen (secondary N) is 1. The van der Waals surface area contributed by atoms with Crippen LogP contribution in [0.15, 0.2) is 12.1 Å². The lowest BCUT2D eigenvalue weighted by Crippen LogP contribution is -2.40. The quantitative estimate of drug-likeness (QED) is 0.842. The molecule has 3 nitrogen and oxygen atoms in total. The van der Waals surface area contributed by atoms with Gasteiger partial charge in [0.15, 0.2) is 5.82 Å². The van der Waals surface area contributed by atoms with E-state index < -0.39 is 17.5 Å². The summed E-state index contributed by atoms with van der Waals surface area (Å²) in [6.45, 7) is 1.95. The van der Waals surface area contributed by atoms with Gasteiger partial charge in [-0.3, -0.25) is 4.79 Å². The Morgan fingerprint density at radius 1 is 1.33 bits per heavy atom. The lowest BCUT2D eigenvalue weighted by molar-refractivity contribution is 0.0911. The molecule has 0 aromatic heterocycles. The Morgan fingerprint density at radius 3 is 2.71 bits per heavy atom. The van der Waals surface area contributed by atoms with Crippen LogP contribution in [-0.4, -0.2) is 11.9 Å². The number of rotatable bonds is 3. The van der Waals surface area contributed by atoms with E-state index >= 15 is 0 Å². The Kier molecular flexibility index (Phi) is 3.59. The van der Waals surface area contributed by atoms with Crippen LogP contribution in [0.4, 0.5) is 14.5 Å². The van der Waals surface area contributed by atoms with Crippen molar-refractivity contribution in [3.8, 4) is 0 Å². The summed E-state index contributed by atoms with van der Waals surface area (Å²) in [5.41, 5.74) is 4.71. The number of anilines is 1. The molecule has 1 aromatic carbocycles. The second-order valence-corrected chi connectivity index (χ2v) is 6.46. The van der Waals surface area contributed by atoms with Gasteiger partial charge in [0, 0.05) is 6.04 Å². The van der Waals surface area contributed by atoms with Crippen molar-refractivity contribution in [2.75, 3.05) is 5.73 Å². The maximum Gasteiger partial charge on any atom is 0.254 e. The molecule has 0 spiro atoms. The molecule has 1 amide bonds. The molecule has 2 aliphatic rings. The fourth-order valence-electron chi connectivity index (χ4n) is 4.07. The van der Waals surface area contributed by atoms with E-state index in [4.69, 9.17) is 5.73 Å². The molecule has 0 aliphatic heterocycles. The highest BCUT2D eigenvalue weighted by atomic mass is 19.1. The molecule has 0 saturated heterocycles. The first-order valence-corrected chi connectivity index (χ1v) is 7.51. The molecule has 2 fully saturated rings. The van der Waals surface area contributed by atoms with Gasteiger partial charge in [0.05, 0.1) is 11.3 Å². The zero-order valence-electron chi connectivity index (χ0n) is 12.0. The van der Waals surface area contributed by atoms with Gasteiger partial charge in [-0.25, -0.2) is 8.78 Å². The van der Waals surface area contributed by atoms with Gasteiger partial charge >= 0.3 is 0 Å². The van der Waals surface area contributed by atoms with E-state index in [-0.39, 0.29) is 17.3 Å². The van der Waals surface area contributed by atoms with Gasteiger partial charge in [-0.05, 0) is 56.1 Å². The van der Waals surface area contributed by atoms with Crippen molar-refractivity contribution < 1.29 is 13.6 Å². The second-order valence-electron chi connectivity index (χ2n) is 6.46. The van der Waals surface area contributed by atoms with Gasteiger partial charge in [-0.1, -0.05) is 6.42 Å². The number of hydrogen-bond acceptors (Lipinski definition) is 2. The molecule has 3 rings (SSSR count). The fraction of sp³-hybridized carbons (Fsp3) is 0.562. The average molecular weight is 294 g/mol. The molecule has 2 aliphatic carbocycles. The minimum atomic E-state index is -0.853. The highest BCUT2D eigenvalue weighted by Gasteiger charge is 2.42. The van der Waals surface area contributed by atoms with Crippen molar-refractivity contribution in [2.24, 2.45) is 17.8 Å². The standard InChI is InChI=1S/C16H20F2N2O/c1-8(12-5-9-2-3-10(12)4-9)20-16(21)13-6-11(17)7-14(19)15(13)18/h6-10,12H,2-5,19H2,1H3,(H,20,21). The van der Waals surface area contributed by atoms with Crippen LogP contribution < -0.4 is 11.1 Å². The Bertz CT molecular complexity index is 576. The van der Waals surface area contributed by atoms with Crippen molar-refractivity contribution in [1.82, 2.24) is 5.32 Å². The Hall–Kier alpha value is -1.65. The van der Waals surface area contributed by atoms with Crippen LogP contribution in [0.2, 0.25) is 0 Å². The van der Waals surface area contributed by atoms with Crippen LogP contribution in [0.5, 0.6) is 0 Å². The molecule has 0 radical (unpaired) electrons. The highest BCUT2D eigenvalue weighted by molar-refractivity contribution is 5.95. The van der Waals surface area contributed by atoms with Crippen LogP contribution in [0.25, 0.3) is 0 Å². The summed E-state index contributed by atoms with van der Waals surface area (Å²) in [5, 5.41) is 2.82. The van der Waals surface area contributed by atoms with E-state index in [0.717, 1.165) is 24.5 Å². The van der Waals surface area contributed by atoms with Gasteiger partial charge in [-0.15, -0.1) is 0 Å². The second kappa shape index (κ2) is 5.28. The van der Waals surface area contributed by atoms with Crippen molar-refractivity contribution in [3.05, 3.63) is 29.3 Å². The van der Waals surface area contributed by atoms with E-state index in [1.807, 2.05) is 6.92 Å². The molecule has 4 atom stereocenters. The number of nitrogen functional groups attached to an aromatic ring is 1. The molecule has 3 N–H and O–H groups in total. The van der Waals surface area contributed by atoms with Crippen LogP contribution in [0.3, 0.4) is 0 Å². The topological polar surface area (TPSA) is 55.1 Å². The first-order valence-electron chi connectivity index (χ1n) is 7.51. The third-order valence-electron chi connectivity index (χ3n) is 5.10. The van der Waals surface area contributed by atoms with Gasteiger partial charge < -0.3 is 11.1 Å². The molecule has 1 aromatic rings. The van der Waals surface area contributed by atoms with Crippen molar-refractivity contribution >= 4 is 11.6 Å². The summed E-state index contributed by atoms with van der Waals surface area (Å²) in [5.74, 6) is -0.259. The molecular weight excluding hydrogens is 274 g/mol. The summed E-state index contributed by atoms with van der Waals surface area (Å²) in [4.78, 5) is 12.2. The number of carbonyl (C=O) groups excluding carboxylic acids is 1. The van der Waals surface area contributed by atoms with E-state index in [2.05, 4.69) is 5.32 Å². The minimum Gasteiger partial charge on any atom is -0.396 e. The summed E-state index contributed by atoms with van der Waals surface area (Å²) in [7, 11) is 0. The molecular formula is C16H20F2N2O. The fourth-order valence-corrected chi connectivity index (χ4v) is 4.07. The third kappa shape index (κ3) is 2.61. The van der Waals surface area contributed by atoms with Crippen molar-refractivity contribution in [2.45, 2.75) is 38.6 Å². The number of amides is 1. The van der Waals surface area contributed by atoms with Crippen molar-refractivity contribution in [1.29, 1.82) is 0 Å². The summed E-state index contributed by atoms with van der Waals surface area (Å²) in [6, 6.07) is 1.75. The number of hydrogen-bond donors (Lipinski definition) is 2. The lowest BCUT2D eigenvalue weighted by atomic mass is 9.84. The SMILES string of the molecule is CC(NC(=O)c1cc(F)cc(N)c1F)C1CC2CCC1C2. The number of nitrogens with two attached hydrogens (primary N) is 1.